The van der Waals surface area contributed by atoms with Gasteiger partial charge in [-0.1, -0.05) is 55.4 Å². The van der Waals surface area contributed by atoms with Gasteiger partial charge in [-0.15, -0.1) is 0 Å². The fraction of sp³-hybridized carbons (Fsp3) is 1.00. The minimum Gasteiger partial charge on any atom is -0.0622 e. The molecule has 0 N–H and O–H groups in total. The summed E-state index contributed by atoms with van der Waals surface area (Å²) in [5.74, 6) is 3.40. The van der Waals surface area contributed by atoms with E-state index in [1.807, 2.05) is 0 Å². The van der Waals surface area contributed by atoms with Gasteiger partial charge in [0.1, 0.15) is 0 Å². The molecule has 0 nitrogen and oxygen atoms in total. The lowest BCUT2D eigenvalue weighted by Gasteiger charge is -2.75. The highest BCUT2D eigenvalue weighted by molar-refractivity contribution is 5.19. The predicted molar refractivity (Wildman–Crippen MR) is 96.8 cm³/mol. The summed E-state index contributed by atoms with van der Waals surface area (Å²) >= 11 is 0. The second-order valence-electron chi connectivity index (χ2n) is 11.1. The molecule has 0 aromatic carbocycles. The van der Waals surface area contributed by atoms with Crippen molar-refractivity contribution in [1.29, 1.82) is 0 Å². The highest BCUT2D eigenvalue weighted by Gasteiger charge is 2.69. The van der Waals surface area contributed by atoms with Crippen molar-refractivity contribution in [3.63, 3.8) is 0 Å². The quantitative estimate of drug-likeness (QED) is 0.528. The van der Waals surface area contributed by atoms with E-state index in [0.29, 0.717) is 21.7 Å². The molecule has 0 radical (unpaired) electrons. The van der Waals surface area contributed by atoms with Gasteiger partial charge in [-0.3, -0.25) is 0 Å². The molecule has 0 saturated heterocycles. The van der Waals surface area contributed by atoms with Crippen LogP contribution < -0.4 is 0 Å². The van der Waals surface area contributed by atoms with Gasteiger partial charge in [0.2, 0.25) is 0 Å². The number of rotatable bonds is 4. The fourth-order valence-corrected chi connectivity index (χ4v) is 7.41. The molecule has 0 aliphatic heterocycles. The molecule has 22 heavy (non-hydrogen) atoms. The smallest absolute Gasteiger partial charge is 0.0258 e. The van der Waals surface area contributed by atoms with Crippen molar-refractivity contribution in [2.45, 2.75) is 93.9 Å². The molecule has 128 valence electrons. The minimum atomic E-state index is 0.632. The lowest BCUT2D eigenvalue weighted by molar-refractivity contribution is -0.252. The summed E-state index contributed by atoms with van der Waals surface area (Å²) in [6.07, 6.45) is 9.16. The van der Waals surface area contributed by atoms with Crippen LogP contribution in [0.2, 0.25) is 0 Å². The van der Waals surface area contributed by atoms with E-state index in [2.05, 4.69) is 55.4 Å². The monoisotopic (exact) mass is 304 g/mol. The largest absolute Gasteiger partial charge is 0.0622 e. The van der Waals surface area contributed by atoms with E-state index in [4.69, 9.17) is 0 Å². The van der Waals surface area contributed by atoms with E-state index >= 15 is 0 Å². The molecule has 4 bridgehead atoms. The molecule has 0 heterocycles. The minimum absolute atomic E-state index is 0.632. The summed E-state index contributed by atoms with van der Waals surface area (Å²) in [6, 6.07) is 0. The first-order chi connectivity index (χ1) is 10.0. The van der Waals surface area contributed by atoms with Crippen LogP contribution in [0.25, 0.3) is 0 Å². The van der Waals surface area contributed by atoms with Gasteiger partial charge in [-0.25, -0.2) is 0 Å². The van der Waals surface area contributed by atoms with Gasteiger partial charge in [0.25, 0.3) is 0 Å². The van der Waals surface area contributed by atoms with Crippen molar-refractivity contribution >= 4 is 0 Å². The lowest BCUT2D eigenvalue weighted by atomic mass is 9.30. The first-order valence-electron chi connectivity index (χ1n) is 10.0. The molecule has 0 aromatic heterocycles. The zero-order chi connectivity index (χ0) is 16.6. The van der Waals surface area contributed by atoms with Crippen molar-refractivity contribution in [2.75, 3.05) is 0 Å². The third-order valence-corrected chi connectivity index (χ3v) is 9.12. The average Bonchev–Trinajstić information content (AvgIpc) is 2.36. The van der Waals surface area contributed by atoms with Crippen molar-refractivity contribution in [3.8, 4) is 0 Å². The first kappa shape index (κ1) is 16.8. The van der Waals surface area contributed by atoms with Gasteiger partial charge in [0, 0.05) is 0 Å². The highest BCUT2D eigenvalue weighted by atomic mass is 14.7. The second-order valence-corrected chi connectivity index (χ2v) is 11.1. The normalized spacial score (nSPS) is 47.5. The maximum atomic E-state index is 2.53. The summed E-state index contributed by atoms with van der Waals surface area (Å²) in [4.78, 5) is 0. The van der Waals surface area contributed by atoms with Gasteiger partial charge < -0.3 is 0 Å². The van der Waals surface area contributed by atoms with Gasteiger partial charge in [0.15, 0.2) is 0 Å². The Bertz CT molecular complexity index is 319. The topological polar surface area (TPSA) is 0 Å². The summed E-state index contributed by atoms with van der Waals surface area (Å²) in [5.41, 5.74) is 2.53. The molecule has 4 aliphatic carbocycles. The van der Waals surface area contributed by atoms with E-state index in [9.17, 15) is 0 Å². The van der Waals surface area contributed by atoms with Crippen LogP contribution in [0.15, 0.2) is 0 Å². The van der Waals surface area contributed by atoms with E-state index in [-0.39, 0.29) is 0 Å². The van der Waals surface area contributed by atoms with E-state index in [1.165, 1.54) is 38.5 Å². The summed E-state index contributed by atoms with van der Waals surface area (Å²) in [6.45, 7) is 20.2. The first-order valence-corrected chi connectivity index (χ1v) is 10.0. The molecule has 4 aliphatic rings. The molecular weight excluding hydrogens is 264 g/mol. The Morgan fingerprint density at radius 1 is 0.364 bits per heavy atom. The van der Waals surface area contributed by atoms with Crippen LogP contribution >= 0.6 is 0 Å². The van der Waals surface area contributed by atoms with Gasteiger partial charge in [-0.05, 0) is 83.9 Å². The number of hydrogen-bond donors (Lipinski definition) is 0. The fourth-order valence-electron chi connectivity index (χ4n) is 7.41. The van der Waals surface area contributed by atoms with Crippen LogP contribution in [0.4, 0.5) is 0 Å². The third-order valence-electron chi connectivity index (χ3n) is 9.12. The van der Waals surface area contributed by atoms with Gasteiger partial charge in [-0.2, -0.15) is 0 Å². The zero-order valence-electron chi connectivity index (χ0n) is 16.6. The SMILES string of the molecule is CC(C)C12CC3(C(C)C)CC(C(C)C)(C1)CC(C(C)C)(C2)C3. The summed E-state index contributed by atoms with van der Waals surface area (Å²) < 4.78 is 0. The van der Waals surface area contributed by atoms with E-state index in [1.54, 1.807) is 0 Å². The lowest BCUT2D eigenvalue weighted by Crippen LogP contribution is -2.66. The van der Waals surface area contributed by atoms with Crippen LogP contribution in [-0.2, 0) is 0 Å². The Kier molecular flexibility index (Phi) is 3.65. The molecule has 0 aromatic rings. The maximum absolute atomic E-state index is 2.53. The Morgan fingerprint density at radius 3 is 0.591 bits per heavy atom. The van der Waals surface area contributed by atoms with Crippen LogP contribution in [0.5, 0.6) is 0 Å². The van der Waals surface area contributed by atoms with Crippen molar-refractivity contribution in [1.82, 2.24) is 0 Å². The van der Waals surface area contributed by atoms with E-state index in [0.717, 1.165) is 23.7 Å². The van der Waals surface area contributed by atoms with Gasteiger partial charge >= 0.3 is 0 Å². The predicted octanol–water partition coefficient (Wildman–Crippen LogP) is 6.94. The van der Waals surface area contributed by atoms with Gasteiger partial charge in [0.05, 0.1) is 0 Å². The standard InChI is InChI=1S/C22H40/c1-15(2)19-9-20(16(3)4)12-21(10-19,17(5)6)14-22(11-19,13-20)18(7)8/h15-18H,9-14H2,1-8H3. The van der Waals surface area contributed by atoms with Crippen molar-refractivity contribution in [2.24, 2.45) is 45.3 Å². The number of hydrogen-bond acceptors (Lipinski definition) is 0. The summed E-state index contributed by atoms with van der Waals surface area (Å²) in [7, 11) is 0. The Labute approximate surface area is 139 Å². The molecule has 0 spiro atoms. The molecular formula is C22H40. The highest BCUT2D eigenvalue weighted by Crippen LogP contribution is 2.79. The van der Waals surface area contributed by atoms with Crippen molar-refractivity contribution in [3.05, 3.63) is 0 Å². The van der Waals surface area contributed by atoms with Crippen LogP contribution in [0.1, 0.15) is 93.9 Å². The molecule has 0 heteroatoms. The average molecular weight is 305 g/mol. The Balaban J connectivity index is 2.17. The van der Waals surface area contributed by atoms with E-state index < -0.39 is 0 Å². The third kappa shape index (κ3) is 2.01. The molecule has 0 atom stereocenters. The molecule has 4 rings (SSSR count). The zero-order valence-corrected chi connectivity index (χ0v) is 16.6. The van der Waals surface area contributed by atoms with Crippen LogP contribution in [0.3, 0.4) is 0 Å². The Morgan fingerprint density at radius 2 is 0.500 bits per heavy atom. The molecule has 4 saturated carbocycles. The molecule has 4 fully saturated rings. The van der Waals surface area contributed by atoms with Crippen LogP contribution in [0, 0.1) is 45.3 Å². The second kappa shape index (κ2) is 4.76. The van der Waals surface area contributed by atoms with Crippen molar-refractivity contribution < 1.29 is 0 Å². The summed E-state index contributed by atoms with van der Waals surface area (Å²) in [5, 5.41) is 0. The molecule has 0 unspecified atom stereocenters. The Hall–Kier alpha value is 0. The van der Waals surface area contributed by atoms with Crippen LogP contribution in [-0.4, -0.2) is 0 Å². The maximum Gasteiger partial charge on any atom is -0.0258 e. The molecule has 0 amide bonds.